The standard InChI is InChI=1S/C16H30N2O3/c1-11(2)15-13(4-3-7-21-15)10-18-16(19)14(17)12-5-8-20-9-6-12/h11-15H,3-10,17H2,1-2H3,(H,18,19). The molecular weight excluding hydrogens is 268 g/mol. The van der Waals surface area contributed by atoms with Crippen molar-refractivity contribution in [1.29, 1.82) is 0 Å². The van der Waals surface area contributed by atoms with Crippen LogP contribution in [0.3, 0.4) is 0 Å². The Hall–Kier alpha value is -0.650. The third-order valence-electron chi connectivity index (χ3n) is 4.77. The van der Waals surface area contributed by atoms with Crippen LogP contribution in [0.2, 0.25) is 0 Å². The van der Waals surface area contributed by atoms with Gasteiger partial charge < -0.3 is 20.5 Å². The summed E-state index contributed by atoms with van der Waals surface area (Å²) in [6.07, 6.45) is 4.22. The highest BCUT2D eigenvalue weighted by Gasteiger charge is 2.31. The van der Waals surface area contributed by atoms with Crippen LogP contribution in [0.15, 0.2) is 0 Å². The lowest BCUT2D eigenvalue weighted by atomic mass is 9.87. The largest absolute Gasteiger partial charge is 0.381 e. The molecule has 3 atom stereocenters. The fourth-order valence-corrected chi connectivity index (χ4v) is 3.46. The quantitative estimate of drug-likeness (QED) is 0.802. The van der Waals surface area contributed by atoms with Crippen molar-refractivity contribution in [2.24, 2.45) is 23.5 Å². The summed E-state index contributed by atoms with van der Waals surface area (Å²) in [5, 5.41) is 3.05. The molecule has 3 N–H and O–H groups in total. The van der Waals surface area contributed by atoms with E-state index < -0.39 is 6.04 Å². The lowest BCUT2D eigenvalue weighted by Crippen LogP contribution is -2.49. The monoisotopic (exact) mass is 298 g/mol. The van der Waals surface area contributed by atoms with Crippen molar-refractivity contribution < 1.29 is 14.3 Å². The lowest BCUT2D eigenvalue weighted by Gasteiger charge is -2.35. The average molecular weight is 298 g/mol. The summed E-state index contributed by atoms with van der Waals surface area (Å²) in [6, 6.07) is -0.407. The van der Waals surface area contributed by atoms with Crippen LogP contribution < -0.4 is 11.1 Å². The van der Waals surface area contributed by atoms with Gasteiger partial charge in [0, 0.05) is 32.3 Å². The number of carbonyl (C=O) groups excluding carboxylic acids is 1. The summed E-state index contributed by atoms with van der Waals surface area (Å²) in [4.78, 5) is 12.2. The molecule has 0 saturated carbocycles. The van der Waals surface area contributed by atoms with Crippen LogP contribution in [-0.4, -0.2) is 44.4 Å². The van der Waals surface area contributed by atoms with Crippen molar-refractivity contribution in [3.63, 3.8) is 0 Å². The molecule has 0 radical (unpaired) electrons. The van der Waals surface area contributed by atoms with E-state index in [-0.39, 0.29) is 17.9 Å². The number of hydrogen-bond acceptors (Lipinski definition) is 4. The van der Waals surface area contributed by atoms with Crippen LogP contribution >= 0.6 is 0 Å². The van der Waals surface area contributed by atoms with Gasteiger partial charge in [-0.1, -0.05) is 13.8 Å². The first kappa shape index (κ1) is 16.7. The van der Waals surface area contributed by atoms with Gasteiger partial charge >= 0.3 is 0 Å². The van der Waals surface area contributed by atoms with E-state index in [0.29, 0.717) is 18.4 Å². The highest BCUT2D eigenvalue weighted by Crippen LogP contribution is 2.26. The molecule has 2 aliphatic rings. The van der Waals surface area contributed by atoms with Gasteiger partial charge in [-0.25, -0.2) is 0 Å². The fourth-order valence-electron chi connectivity index (χ4n) is 3.46. The van der Waals surface area contributed by atoms with Gasteiger partial charge in [-0.3, -0.25) is 4.79 Å². The molecule has 21 heavy (non-hydrogen) atoms. The molecule has 5 heteroatoms. The van der Waals surface area contributed by atoms with E-state index in [9.17, 15) is 4.79 Å². The second-order valence-electron chi connectivity index (χ2n) is 6.70. The smallest absolute Gasteiger partial charge is 0.237 e. The molecule has 0 aromatic heterocycles. The molecule has 0 bridgehead atoms. The lowest BCUT2D eigenvalue weighted by molar-refractivity contribution is -0.125. The van der Waals surface area contributed by atoms with Gasteiger partial charge in [0.2, 0.25) is 5.91 Å². The second-order valence-corrected chi connectivity index (χ2v) is 6.70. The van der Waals surface area contributed by atoms with E-state index >= 15 is 0 Å². The van der Waals surface area contributed by atoms with Crippen molar-refractivity contribution in [2.45, 2.75) is 51.7 Å². The molecule has 5 nitrogen and oxygen atoms in total. The maximum atomic E-state index is 12.2. The first-order valence-corrected chi connectivity index (χ1v) is 8.32. The molecule has 0 aliphatic carbocycles. The Bertz CT molecular complexity index is 329. The molecule has 1 amide bonds. The van der Waals surface area contributed by atoms with Crippen molar-refractivity contribution in [3.05, 3.63) is 0 Å². The predicted molar refractivity (Wildman–Crippen MR) is 81.8 cm³/mol. The highest BCUT2D eigenvalue weighted by molar-refractivity contribution is 5.81. The Labute approximate surface area is 127 Å². The Balaban J connectivity index is 1.79. The third-order valence-corrected chi connectivity index (χ3v) is 4.77. The Morgan fingerprint density at radius 3 is 2.62 bits per heavy atom. The van der Waals surface area contributed by atoms with E-state index in [2.05, 4.69) is 19.2 Å². The summed E-state index contributed by atoms with van der Waals surface area (Å²) >= 11 is 0. The number of amides is 1. The Morgan fingerprint density at radius 1 is 1.24 bits per heavy atom. The summed E-state index contributed by atoms with van der Waals surface area (Å²) in [5.41, 5.74) is 6.10. The number of carbonyl (C=O) groups is 1. The van der Waals surface area contributed by atoms with Gasteiger partial charge in [0.25, 0.3) is 0 Å². The van der Waals surface area contributed by atoms with Gasteiger partial charge in [-0.05, 0) is 37.5 Å². The summed E-state index contributed by atoms with van der Waals surface area (Å²) < 4.78 is 11.2. The van der Waals surface area contributed by atoms with Gasteiger partial charge in [-0.15, -0.1) is 0 Å². The van der Waals surface area contributed by atoms with Crippen LogP contribution in [0.1, 0.15) is 39.5 Å². The minimum atomic E-state index is -0.407. The van der Waals surface area contributed by atoms with E-state index in [1.165, 1.54) is 0 Å². The molecular formula is C16H30N2O3. The minimum absolute atomic E-state index is 0.0185. The second kappa shape index (κ2) is 8.11. The third kappa shape index (κ3) is 4.66. The molecule has 0 spiro atoms. The van der Waals surface area contributed by atoms with Gasteiger partial charge in [0.15, 0.2) is 0 Å². The SMILES string of the molecule is CC(C)C1OCCCC1CNC(=O)C(N)C1CCOCC1. The number of hydrogen-bond donors (Lipinski definition) is 2. The van der Waals surface area contributed by atoms with Crippen LogP contribution in [0.25, 0.3) is 0 Å². The van der Waals surface area contributed by atoms with Gasteiger partial charge in [0.1, 0.15) is 0 Å². The zero-order valence-corrected chi connectivity index (χ0v) is 13.3. The van der Waals surface area contributed by atoms with Crippen molar-refractivity contribution in [2.75, 3.05) is 26.4 Å². The Kier molecular flexibility index (Phi) is 6.45. The van der Waals surface area contributed by atoms with Crippen molar-refractivity contribution >= 4 is 5.91 Å². The molecule has 2 rings (SSSR count). The maximum Gasteiger partial charge on any atom is 0.237 e. The van der Waals surface area contributed by atoms with Gasteiger partial charge in [-0.2, -0.15) is 0 Å². The zero-order valence-electron chi connectivity index (χ0n) is 13.3. The summed E-state index contributed by atoms with van der Waals surface area (Å²) in [6.45, 7) is 7.32. The molecule has 3 unspecified atom stereocenters. The molecule has 0 aromatic rings. The number of nitrogens with two attached hydrogens (primary N) is 1. The maximum absolute atomic E-state index is 12.2. The van der Waals surface area contributed by atoms with E-state index in [4.69, 9.17) is 15.2 Å². The normalized spacial score (nSPS) is 29.3. The number of ether oxygens (including phenoxy) is 2. The predicted octanol–water partition coefficient (Wildman–Crippen LogP) is 1.31. The summed E-state index contributed by atoms with van der Waals surface area (Å²) in [5.74, 6) is 1.12. The minimum Gasteiger partial charge on any atom is -0.381 e. The first-order chi connectivity index (χ1) is 10.1. The topological polar surface area (TPSA) is 73.6 Å². The first-order valence-electron chi connectivity index (χ1n) is 8.32. The van der Waals surface area contributed by atoms with Crippen LogP contribution in [0.5, 0.6) is 0 Å². The highest BCUT2D eigenvalue weighted by atomic mass is 16.5. The van der Waals surface area contributed by atoms with Crippen LogP contribution in [0, 0.1) is 17.8 Å². The number of nitrogens with one attached hydrogen (secondary N) is 1. The molecule has 2 aliphatic heterocycles. The average Bonchev–Trinajstić information content (AvgIpc) is 2.52. The molecule has 2 fully saturated rings. The van der Waals surface area contributed by atoms with E-state index in [1.54, 1.807) is 0 Å². The summed E-state index contributed by atoms with van der Waals surface area (Å²) in [7, 11) is 0. The van der Waals surface area contributed by atoms with Crippen LogP contribution in [0.4, 0.5) is 0 Å². The van der Waals surface area contributed by atoms with Crippen molar-refractivity contribution in [1.82, 2.24) is 5.32 Å². The zero-order chi connectivity index (χ0) is 15.2. The van der Waals surface area contributed by atoms with Gasteiger partial charge in [0.05, 0.1) is 12.1 Å². The van der Waals surface area contributed by atoms with Crippen LogP contribution in [-0.2, 0) is 14.3 Å². The molecule has 2 saturated heterocycles. The number of rotatable bonds is 5. The molecule has 0 aromatic carbocycles. The fraction of sp³-hybridized carbons (Fsp3) is 0.938. The van der Waals surface area contributed by atoms with E-state index in [0.717, 1.165) is 45.5 Å². The van der Waals surface area contributed by atoms with Crippen molar-refractivity contribution in [3.8, 4) is 0 Å². The molecule has 2 heterocycles. The Morgan fingerprint density at radius 2 is 1.95 bits per heavy atom. The van der Waals surface area contributed by atoms with E-state index in [1.807, 2.05) is 0 Å². The molecule has 122 valence electrons.